The van der Waals surface area contributed by atoms with Gasteiger partial charge in [0, 0.05) is 52.6 Å². The summed E-state index contributed by atoms with van der Waals surface area (Å²) in [6, 6.07) is 13.6. The number of carbonyl (C=O) groups is 1. The van der Waals surface area contributed by atoms with Crippen LogP contribution in [0.4, 0.5) is 0 Å². The predicted molar refractivity (Wildman–Crippen MR) is 107 cm³/mol. The van der Waals surface area contributed by atoms with Gasteiger partial charge < -0.3 is 9.88 Å². The number of rotatable bonds is 4. The van der Waals surface area contributed by atoms with Gasteiger partial charge in [-0.15, -0.1) is 0 Å². The van der Waals surface area contributed by atoms with Crippen molar-refractivity contribution in [2.24, 2.45) is 0 Å². The Morgan fingerprint density at radius 1 is 1.08 bits per heavy atom. The number of nitrogens with one attached hydrogen (secondary N) is 1. The van der Waals surface area contributed by atoms with Gasteiger partial charge in [0.05, 0.1) is 0 Å². The summed E-state index contributed by atoms with van der Waals surface area (Å²) in [5.74, 6) is 0.137. The lowest BCUT2D eigenvalue weighted by Gasteiger charge is -2.21. The monoisotopic (exact) mass is 386 g/mol. The highest BCUT2D eigenvalue weighted by Gasteiger charge is 2.26. The lowest BCUT2D eigenvalue weighted by Crippen LogP contribution is -2.29. The Morgan fingerprint density at radius 3 is 2.62 bits per heavy atom. The van der Waals surface area contributed by atoms with Crippen LogP contribution in [0.25, 0.3) is 10.9 Å². The summed E-state index contributed by atoms with van der Waals surface area (Å²) >= 11 is 12.5. The maximum absolute atomic E-state index is 12.9. The molecule has 1 aliphatic heterocycles. The molecule has 1 aliphatic rings. The molecule has 134 valence electrons. The zero-order valence-corrected chi connectivity index (χ0v) is 15.9. The molecule has 1 fully saturated rings. The molecule has 1 saturated heterocycles. The van der Waals surface area contributed by atoms with Crippen molar-refractivity contribution in [3.05, 3.63) is 69.8 Å². The van der Waals surface area contributed by atoms with Crippen molar-refractivity contribution in [2.45, 2.75) is 25.2 Å². The number of halogens is 2. The Kier molecular flexibility index (Phi) is 4.92. The second-order valence-corrected chi connectivity index (χ2v) is 7.71. The molecule has 0 bridgehead atoms. The summed E-state index contributed by atoms with van der Waals surface area (Å²) in [6.07, 6.45) is 4.61. The molecule has 3 aromatic rings. The number of H-pyrrole nitrogens is 1. The van der Waals surface area contributed by atoms with Gasteiger partial charge in [-0.25, -0.2) is 0 Å². The predicted octanol–water partition coefficient (Wildman–Crippen LogP) is 5.62. The standard InChI is InChI=1S/C21H20Cl2N2O/c22-15-5-3-4-14(10-15)17(12-21(26)25-8-1-2-9-25)19-13-24-20-7-6-16(23)11-18(19)20/h3-7,10-11,13,17,24H,1-2,8-9,12H2/t17-/m1/s1. The van der Waals surface area contributed by atoms with Gasteiger partial charge in [0.1, 0.15) is 0 Å². The fourth-order valence-electron chi connectivity index (χ4n) is 3.80. The van der Waals surface area contributed by atoms with Gasteiger partial charge in [-0.3, -0.25) is 4.79 Å². The molecule has 1 aromatic heterocycles. The minimum absolute atomic E-state index is 0.0611. The summed E-state index contributed by atoms with van der Waals surface area (Å²) in [7, 11) is 0. The average molecular weight is 387 g/mol. The van der Waals surface area contributed by atoms with E-state index in [9.17, 15) is 4.79 Å². The van der Waals surface area contributed by atoms with Crippen LogP contribution in [0, 0.1) is 0 Å². The molecule has 0 aliphatic carbocycles. The lowest BCUT2D eigenvalue weighted by atomic mass is 9.88. The number of benzene rings is 2. The summed E-state index contributed by atoms with van der Waals surface area (Å²) in [4.78, 5) is 18.1. The SMILES string of the molecule is O=C(C[C@H](c1cccc(Cl)c1)c1c[nH]c2ccc(Cl)cc12)N1CCCC1. The van der Waals surface area contributed by atoms with Gasteiger partial charge in [-0.2, -0.15) is 0 Å². The van der Waals surface area contributed by atoms with E-state index in [1.807, 2.05) is 53.6 Å². The molecule has 2 heterocycles. The topological polar surface area (TPSA) is 36.1 Å². The number of aromatic amines is 1. The molecule has 0 spiro atoms. The van der Waals surface area contributed by atoms with Gasteiger partial charge in [-0.1, -0.05) is 35.3 Å². The van der Waals surface area contributed by atoms with Crippen LogP contribution in [0.2, 0.25) is 10.0 Å². The smallest absolute Gasteiger partial charge is 0.223 e. The average Bonchev–Trinajstić information content (AvgIpc) is 3.29. The molecule has 2 aromatic carbocycles. The van der Waals surface area contributed by atoms with Gasteiger partial charge in [-0.05, 0) is 54.3 Å². The number of aromatic nitrogens is 1. The maximum Gasteiger partial charge on any atom is 0.223 e. The van der Waals surface area contributed by atoms with Crippen LogP contribution in [-0.4, -0.2) is 28.9 Å². The normalized spacial score (nSPS) is 15.5. The number of fused-ring (bicyclic) bond motifs is 1. The first kappa shape index (κ1) is 17.4. The molecular weight excluding hydrogens is 367 g/mol. The zero-order valence-electron chi connectivity index (χ0n) is 14.3. The van der Waals surface area contributed by atoms with Crippen molar-refractivity contribution < 1.29 is 4.79 Å². The Balaban J connectivity index is 1.76. The van der Waals surface area contributed by atoms with Gasteiger partial charge in [0.15, 0.2) is 0 Å². The van der Waals surface area contributed by atoms with Crippen molar-refractivity contribution in [3.63, 3.8) is 0 Å². The van der Waals surface area contributed by atoms with Crippen molar-refractivity contribution in [1.82, 2.24) is 9.88 Å². The van der Waals surface area contributed by atoms with Crippen LogP contribution in [0.3, 0.4) is 0 Å². The molecule has 0 unspecified atom stereocenters. The van der Waals surface area contributed by atoms with E-state index in [1.54, 1.807) is 0 Å². The fourth-order valence-corrected chi connectivity index (χ4v) is 4.17. The second-order valence-electron chi connectivity index (χ2n) is 6.83. The quantitative estimate of drug-likeness (QED) is 0.620. The van der Waals surface area contributed by atoms with E-state index >= 15 is 0 Å². The summed E-state index contributed by atoms with van der Waals surface area (Å²) in [5, 5.41) is 2.42. The minimum Gasteiger partial charge on any atom is -0.361 e. The first-order chi connectivity index (χ1) is 12.6. The number of hydrogen-bond donors (Lipinski definition) is 1. The molecule has 1 amide bonds. The van der Waals surface area contributed by atoms with Crippen LogP contribution >= 0.6 is 23.2 Å². The van der Waals surface area contributed by atoms with Gasteiger partial charge in [0.25, 0.3) is 0 Å². The zero-order chi connectivity index (χ0) is 18.1. The number of nitrogens with zero attached hydrogens (tertiary/aromatic N) is 1. The van der Waals surface area contributed by atoms with Crippen molar-refractivity contribution >= 4 is 40.0 Å². The van der Waals surface area contributed by atoms with Crippen LogP contribution in [0.5, 0.6) is 0 Å². The molecule has 1 N–H and O–H groups in total. The second kappa shape index (κ2) is 7.34. The van der Waals surface area contributed by atoms with Crippen molar-refractivity contribution in [2.75, 3.05) is 13.1 Å². The first-order valence-electron chi connectivity index (χ1n) is 8.91. The van der Waals surface area contributed by atoms with Crippen LogP contribution in [0.15, 0.2) is 48.7 Å². The number of amides is 1. The lowest BCUT2D eigenvalue weighted by molar-refractivity contribution is -0.130. The Hall–Kier alpha value is -1.97. The highest BCUT2D eigenvalue weighted by molar-refractivity contribution is 6.31. The minimum atomic E-state index is -0.0611. The third kappa shape index (κ3) is 3.46. The molecule has 3 nitrogen and oxygen atoms in total. The third-order valence-corrected chi connectivity index (χ3v) is 5.61. The first-order valence-corrected chi connectivity index (χ1v) is 9.67. The molecular formula is C21H20Cl2N2O. The Bertz CT molecular complexity index is 944. The van der Waals surface area contributed by atoms with E-state index in [2.05, 4.69) is 4.98 Å². The van der Waals surface area contributed by atoms with Crippen molar-refractivity contribution in [3.8, 4) is 0 Å². The number of likely N-dealkylation sites (tertiary alicyclic amines) is 1. The molecule has 5 heteroatoms. The summed E-state index contributed by atoms with van der Waals surface area (Å²) in [6.45, 7) is 1.72. The molecule has 26 heavy (non-hydrogen) atoms. The van der Waals surface area contributed by atoms with E-state index in [1.165, 1.54) is 0 Å². The summed E-state index contributed by atoms with van der Waals surface area (Å²) < 4.78 is 0. The molecule has 0 radical (unpaired) electrons. The third-order valence-electron chi connectivity index (χ3n) is 5.14. The fraction of sp³-hybridized carbons (Fsp3) is 0.286. The molecule has 1 atom stereocenters. The maximum atomic E-state index is 12.9. The summed E-state index contributed by atoms with van der Waals surface area (Å²) in [5.41, 5.74) is 3.15. The molecule has 4 rings (SSSR count). The van der Waals surface area contributed by atoms with E-state index in [0.717, 1.165) is 48.0 Å². The van der Waals surface area contributed by atoms with E-state index in [-0.39, 0.29) is 11.8 Å². The van der Waals surface area contributed by atoms with Gasteiger partial charge in [0.2, 0.25) is 5.91 Å². The Morgan fingerprint density at radius 2 is 1.85 bits per heavy atom. The number of carbonyl (C=O) groups excluding carboxylic acids is 1. The van der Waals surface area contributed by atoms with Gasteiger partial charge >= 0.3 is 0 Å². The molecule has 0 saturated carbocycles. The highest BCUT2D eigenvalue weighted by atomic mass is 35.5. The Labute approximate surface area is 162 Å². The number of hydrogen-bond acceptors (Lipinski definition) is 1. The highest BCUT2D eigenvalue weighted by Crippen LogP contribution is 2.36. The van der Waals surface area contributed by atoms with Crippen LogP contribution < -0.4 is 0 Å². The largest absolute Gasteiger partial charge is 0.361 e. The van der Waals surface area contributed by atoms with E-state index in [4.69, 9.17) is 23.2 Å². The van der Waals surface area contributed by atoms with Crippen LogP contribution in [-0.2, 0) is 4.79 Å². The van der Waals surface area contributed by atoms with Crippen molar-refractivity contribution in [1.29, 1.82) is 0 Å². The van der Waals surface area contributed by atoms with Crippen LogP contribution in [0.1, 0.15) is 36.3 Å². The van der Waals surface area contributed by atoms with E-state index in [0.29, 0.717) is 16.5 Å². The van der Waals surface area contributed by atoms with E-state index < -0.39 is 0 Å².